The van der Waals surface area contributed by atoms with Crippen LogP contribution in [0.3, 0.4) is 0 Å². The van der Waals surface area contributed by atoms with E-state index in [4.69, 9.17) is 19.9 Å². The summed E-state index contributed by atoms with van der Waals surface area (Å²) in [5.41, 5.74) is 8.38. The molecule has 0 fully saturated rings. The lowest BCUT2D eigenvalue weighted by molar-refractivity contribution is 0.517. The molecule has 2 aromatic carbocycles. The first-order chi connectivity index (χ1) is 21.4. The highest BCUT2D eigenvalue weighted by atomic mass is 32.1. The van der Waals surface area contributed by atoms with Crippen LogP contribution in [0.15, 0.2) is 85.5 Å². The van der Waals surface area contributed by atoms with E-state index in [2.05, 4.69) is 95.3 Å². The highest BCUT2D eigenvalue weighted by Gasteiger charge is 2.22. The zero-order valence-electron chi connectivity index (χ0n) is 25.6. The minimum atomic E-state index is 0.158. The van der Waals surface area contributed by atoms with Gasteiger partial charge in [-0.3, -0.25) is 19.9 Å². The lowest BCUT2D eigenvalue weighted by Gasteiger charge is -2.20. The maximum atomic E-state index is 4.84. The van der Waals surface area contributed by atoms with Crippen molar-refractivity contribution in [3.05, 3.63) is 95.2 Å². The predicted octanol–water partition coefficient (Wildman–Crippen LogP) is 11.6. The second kappa shape index (κ2) is 11.6. The highest BCUT2D eigenvalue weighted by molar-refractivity contribution is 7.19. The number of aromatic nitrogens is 4. The first-order valence-corrected chi connectivity index (χ1v) is 17.6. The molecule has 0 radical (unpaired) electrons. The zero-order valence-corrected chi connectivity index (χ0v) is 28.0. The first kappa shape index (κ1) is 29.0. The summed E-state index contributed by atoms with van der Waals surface area (Å²) in [6.45, 7) is 11.4. The third kappa shape index (κ3) is 5.07. The molecule has 0 aliphatic rings. The van der Waals surface area contributed by atoms with Crippen LogP contribution in [0, 0.1) is 0 Å². The number of hydrogen-bond acceptors (Lipinski definition) is 7. The van der Waals surface area contributed by atoms with Crippen molar-refractivity contribution in [3.8, 4) is 41.8 Å². The lowest BCUT2D eigenvalue weighted by Crippen LogP contribution is -2.12. The van der Waals surface area contributed by atoms with Crippen molar-refractivity contribution in [2.75, 3.05) is 0 Å². The van der Waals surface area contributed by atoms with Crippen LogP contribution in [-0.2, 0) is 5.41 Å². The van der Waals surface area contributed by atoms with Gasteiger partial charge in [0.25, 0.3) is 0 Å². The van der Waals surface area contributed by atoms with Crippen LogP contribution in [-0.4, -0.2) is 19.9 Å². The van der Waals surface area contributed by atoms with E-state index in [1.807, 2.05) is 22.7 Å². The molecule has 7 heteroatoms. The summed E-state index contributed by atoms with van der Waals surface area (Å²) in [5.74, 6) is 0.556. The van der Waals surface area contributed by atoms with Gasteiger partial charge in [0.2, 0.25) is 0 Å². The number of rotatable bonds is 8. The fraction of sp³-hybridized carbons (Fsp3) is 0.243. The molecule has 0 amide bonds. The second-order valence-corrected chi connectivity index (χ2v) is 15.2. The van der Waals surface area contributed by atoms with Gasteiger partial charge in [-0.2, -0.15) is 0 Å². The van der Waals surface area contributed by atoms with E-state index in [9.17, 15) is 0 Å². The molecule has 0 aliphatic heterocycles. The van der Waals surface area contributed by atoms with Gasteiger partial charge in [-0.05, 0) is 60.6 Å². The maximum absolute atomic E-state index is 4.84. The topological polar surface area (TPSA) is 51.6 Å². The number of nitrogens with zero attached hydrogens (tertiary/aromatic N) is 4. The van der Waals surface area contributed by atoms with Crippen LogP contribution < -0.4 is 0 Å². The Labute approximate surface area is 270 Å². The van der Waals surface area contributed by atoms with Gasteiger partial charge < -0.3 is 0 Å². The normalized spacial score (nSPS) is 12.8. The van der Waals surface area contributed by atoms with Crippen LogP contribution in [0.4, 0.5) is 0 Å². The third-order valence-electron chi connectivity index (χ3n) is 8.80. The Balaban J connectivity index is 1.28. The number of hydrogen-bond donors (Lipinski definition) is 0. The van der Waals surface area contributed by atoms with Crippen LogP contribution in [0.25, 0.3) is 63.8 Å². The molecule has 0 spiro atoms. The molecule has 1 unspecified atom stereocenters. The van der Waals surface area contributed by atoms with Crippen molar-refractivity contribution < 1.29 is 0 Å². The highest BCUT2D eigenvalue weighted by Crippen LogP contribution is 2.44. The second-order valence-electron chi connectivity index (χ2n) is 11.9. The first-order valence-electron chi connectivity index (χ1n) is 15.2. The SMILES string of the molecule is CCC(C)c1ccc(-c2ccc(-c3ccc(-c4ccc(-c5ccc(C(C)(C)CC)s5)c5nccnc45)s3)c3nccnc23)s1. The van der Waals surface area contributed by atoms with E-state index in [1.54, 1.807) is 36.1 Å². The summed E-state index contributed by atoms with van der Waals surface area (Å²) >= 11 is 5.49. The molecule has 7 rings (SSSR count). The van der Waals surface area contributed by atoms with E-state index in [1.165, 1.54) is 19.5 Å². The molecule has 0 N–H and O–H groups in total. The average Bonchev–Trinajstić information content (AvgIpc) is 3.85. The fourth-order valence-corrected chi connectivity index (χ4v) is 8.95. The van der Waals surface area contributed by atoms with Crippen LogP contribution in [0.1, 0.15) is 63.1 Å². The van der Waals surface area contributed by atoms with Crippen molar-refractivity contribution in [2.45, 2.75) is 58.8 Å². The zero-order chi connectivity index (χ0) is 30.4. The molecule has 44 heavy (non-hydrogen) atoms. The molecule has 1 atom stereocenters. The Morgan fingerprint density at radius 3 is 1.41 bits per heavy atom. The van der Waals surface area contributed by atoms with Crippen LogP contribution >= 0.6 is 34.0 Å². The largest absolute Gasteiger partial charge is 0.252 e. The lowest BCUT2D eigenvalue weighted by atomic mass is 9.89. The van der Waals surface area contributed by atoms with E-state index < -0.39 is 0 Å². The molecule has 5 aromatic heterocycles. The molecule has 0 saturated heterocycles. The summed E-state index contributed by atoms with van der Waals surface area (Å²) in [4.78, 5) is 26.9. The predicted molar refractivity (Wildman–Crippen MR) is 190 cm³/mol. The van der Waals surface area contributed by atoms with Crippen molar-refractivity contribution in [3.63, 3.8) is 0 Å². The Bertz CT molecular complexity index is 2120. The van der Waals surface area contributed by atoms with E-state index in [0.717, 1.165) is 66.9 Å². The number of fused-ring (bicyclic) bond motifs is 2. The third-order valence-corrected chi connectivity index (χ3v) is 12.8. The Kier molecular flexibility index (Phi) is 7.65. The molecule has 220 valence electrons. The summed E-state index contributed by atoms with van der Waals surface area (Å²) < 4.78 is 0. The van der Waals surface area contributed by atoms with Gasteiger partial charge in [-0.15, -0.1) is 34.0 Å². The summed E-state index contributed by atoms with van der Waals surface area (Å²) in [5, 5.41) is 0. The molecule has 7 aromatic rings. The monoisotopic (exact) mass is 630 g/mol. The fourth-order valence-electron chi connectivity index (χ4n) is 5.52. The molecular formula is C37H34N4S3. The van der Waals surface area contributed by atoms with Gasteiger partial charge in [0.1, 0.15) is 0 Å². The van der Waals surface area contributed by atoms with Gasteiger partial charge in [-0.1, -0.05) is 58.9 Å². The smallest absolute Gasteiger partial charge is 0.0979 e. The summed E-state index contributed by atoms with van der Waals surface area (Å²) in [7, 11) is 0. The minimum absolute atomic E-state index is 0.158. The molecular weight excluding hydrogens is 597 g/mol. The van der Waals surface area contributed by atoms with Gasteiger partial charge in [0.05, 0.1) is 22.1 Å². The molecule has 0 aliphatic carbocycles. The standard InChI is InChI=1S/C37H34N4S3/c1-6-22(3)27-12-13-28(42-27)23-8-9-24(34-33(23)38-18-19-39-34)29-14-15-30(43-29)25-10-11-26(36-35(25)40-20-21-41-36)31-16-17-32(44-31)37(4,5)7-2/h8-22H,6-7H2,1-5H3. The van der Waals surface area contributed by atoms with E-state index >= 15 is 0 Å². The van der Waals surface area contributed by atoms with E-state index in [0.29, 0.717) is 5.92 Å². The quantitative estimate of drug-likeness (QED) is 0.168. The number of benzene rings is 2. The Hall–Kier alpha value is -3.78. The molecule has 5 heterocycles. The summed E-state index contributed by atoms with van der Waals surface area (Å²) in [6.07, 6.45) is 9.42. The van der Waals surface area contributed by atoms with Gasteiger partial charge >= 0.3 is 0 Å². The van der Waals surface area contributed by atoms with Crippen molar-refractivity contribution in [2.24, 2.45) is 0 Å². The van der Waals surface area contributed by atoms with Crippen molar-refractivity contribution >= 4 is 56.1 Å². The molecule has 4 nitrogen and oxygen atoms in total. The Morgan fingerprint density at radius 2 is 0.955 bits per heavy atom. The van der Waals surface area contributed by atoms with E-state index in [-0.39, 0.29) is 5.41 Å². The van der Waals surface area contributed by atoms with Crippen molar-refractivity contribution in [1.29, 1.82) is 0 Å². The molecule has 0 bridgehead atoms. The Morgan fingerprint density at radius 1 is 0.545 bits per heavy atom. The van der Waals surface area contributed by atoms with Crippen LogP contribution in [0.2, 0.25) is 0 Å². The minimum Gasteiger partial charge on any atom is -0.252 e. The van der Waals surface area contributed by atoms with Gasteiger partial charge in [0, 0.05) is 76.3 Å². The van der Waals surface area contributed by atoms with Gasteiger partial charge in [0.15, 0.2) is 0 Å². The van der Waals surface area contributed by atoms with Gasteiger partial charge in [-0.25, -0.2) is 0 Å². The average molecular weight is 631 g/mol. The molecule has 0 saturated carbocycles. The van der Waals surface area contributed by atoms with Crippen LogP contribution in [0.5, 0.6) is 0 Å². The summed E-state index contributed by atoms with van der Waals surface area (Å²) in [6, 6.07) is 22.2. The number of thiophene rings is 3. The van der Waals surface area contributed by atoms with Crippen molar-refractivity contribution in [1.82, 2.24) is 19.9 Å². The maximum Gasteiger partial charge on any atom is 0.0979 e.